The van der Waals surface area contributed by atoms with E-state index in [1.54, 1.807) is 6.20 Å². The largest absolute Gasteiger partial charge is 0.491 e. The van der Waals surface area contributed by atoms with Gasteiger partial charge in [-0.2, -0.15) is 0 Å². The molecule has 2 aromatic rings. The molecular formula is C26H35Br2NO7. The lowest BCUT2D eigenvalue weighted by atomic mass is 9.99. The van der Waals surface area contributed by atoms with Crippen LogP contribution in [0.1, 0.15) is 39.0 Å². The Kier molecular flexibility index (Phi) is 9.41. The summed E-state index contributed by atoms with van der Waals surface area (Å²) >= 11 is 7.29. The minimum Gasteiger partial charge on any atom is -0.491 e. The van der Waals surface area contributed by atoms with Gasteiger partial charge < -0.3 is 39.6 Å². The number of benzene rings is 1. The van der Waals surface area contributed by atoms with Gasteiger partial charge in [0.2, 0.25) is 6.29 Å². The van der Waals surface area contributed by atoms with Crippen LogP contribution in [0.3, 0.4) is 0 Å². The van der Waals surface area contributed by atoms with Crippen LogP contribution in [-0.4, -0.2) is 69.3 Å². The predicted molar refractivity (Wildman–Crippen MR) is 143 cm³/mol. The summed E-state index contributed by atoms with van der Waals surface area (Å²) in [5, 5.41) is 40.7. The Hall–Kier alpha value is -1.14. The van der Waals surface area contributed by atoms with E-state index in [1.807, 2.05) is 12.1 Å². The summed E-state index contributed by atoms with van der Waals surface area (Å²) < 4.78 is 19.2. The van der Waals surface area contributed by atoms with Crippen LogP contribution in [0.25, 0.3) is 10.9 Å². The van der Waals surface area contributed by atoms with Crippen LogP contribution in [0.15, 0.2) is 33.9 Å². The molecule has 2 aliphatic rings. The van der Waals surface area contributed by atoms with Gasteiger partial charge in [-0.3, -0.25) is 0 Å². The molecule has 1 saturated heterocycles. The number of H-pyrrole nitrogens is 1. The third-order valence-electron chi connectivity index (χ3n) is 7.40. The number of aromatic nitrogens is 1. The normalized spacial score (nSPS) is 32.0. The van der Waals surface area contributed by atoms with Crippen molar-refractivity contribution in [1.29, 1.82) is 0 Å². The minimum atomic E-state index is -1.52. The number of rotatable bonds is 12. The molecule has 36 heavy (non-hydrogen) atoms. The lowest BCUT2D eigenvalue weighted by molar-refractivity contribution is -0.277. The number of hydrogen-bond donors (Lipinski definition) is 5. The smallest absolute Gasteiger partial charge is 0.229 e. The molecule has 1 aromatic carbocycles. The van der Waals surface area contributed by atoms with E-state index >= 15 is 0 Å². The summed E-state index contributed by atoms with van der Waals surface area (Å²) in [5.41, 5.74) is 0.761. The molecule has 5 N–H and O–H groups in total. The van der Waals surface area contributed by atoms with Gasteiger partial charge in [0.25, 0.3) is 0 Å². The third-order valence-corrected chi connectivity index (χ3v) is 8.74. The van der Waals surface area contributed by atoms with E-state index in [0.29, 0.717) is 45.7 Å². The summed E-state index contributed by atoms with van der Waals surface area (Å²) in [4.78, 5) is 3.14. The Morgan fingerprint density at radius 3 is 2.56 bits per heavy atom. The number of allylic oxidation sites excluding steroid dienone is 1. The highest BCUT2D eigenvalue weighted by molar-refractivity contribution is 9.11. The van der Waals surface area contributed by atoms with Crippen molar-refractivity contribution in [3.05, 3.63) is 33.9 Å². The Bertz CT molecular complexity index is 1040. The van der Waals surface area contributed by atoms with Crippen molar-refractivity contribution in [3.63, 3.8) is 0 Å². The standard InChI is InChI=1S/C26H35Br2NO7/c1-3-5-7-13-14(8-6-4-2)15(13)12-34-25-16(27)9-17-20(21(25)28)18(10-29-17)35-26-24(33)23(32)22(31)19(11-30)36-26/h3,9-10,13-15,19,22-24,26,29-33H,1,4-8,11-12H2,2H3/t13-,14+,15-,19-,22-,23+,24-,26-/m1/s1. The van der Waals surface area contributed by atoms with Gasteiger partial charge in [-0.1, -0.05) is 25.8 Å². The van der Waals surface area contributed by atoms with E-state index in [4.69, 9.17) is 14.2 Å². The van der Waals surface area contributed by atoms with Gasteiger partial charge in [-0.05, 0) is 74.9 Å². The highest BCUT2D eigenvalue weighted by Crippen LogP contribution is 2.53. The van der Waals surface area contributed by atoms with Crippen molar-refractivity contribution in [2.75, 3.05) is 13.2 Å². The van der Waals surface area contributed by atoms with Crippen molar-refractivity contribution in [2.45, 2.75) is 69.7 Å². The summed E-state index contributed by atoms with van der Waals surface area (Å²) in [6.45, 7) is 6.17. The van der Waals surface area contributed by atoms with Gasteiger partial charge in [0.05, 0.1) is 33.1 Å². The second-order valence-electron chi connectivity index (χ2n) is 9.70. The molecule has 1 aliphatic carbocycles. The van der Waals surface area contributed by atoms with Crippen molar-refractivity contribution in [3.8, 4) is 11.5 Å². The monoisotopic (exact) mass is 631 g/mol. The maximum atomic E-state index is 10.4. The molecule has 8 atom stereocenters. The van der Waals surface area contributed by atoms with Gasteiger partial charge in [0.15, 0.2) is 0 Å². The molecule has 0 unspecified atom stereocenters. The Balaban J connectivity index is 1.51. The van der Waals surface area contributed by atoms with Gasteiger partial charge in [-0.15, -0.1) is 6.58 Å². The lowest BCUT2D eigenvalue weighted by Gasteiger charge is -2.39. The van der Waals surface area contributed by atoms with Gasteiger partial charge in [0, 0.05) is 6.20 Å². The number of aliphatic hydroxyl groups excluding tert-OH is 4. The molecule has 0 radical (unpaired) electrons. The Morgan fingerprint density at radius 1 is 1.11 bits per heavy atom. The number of hydrogen-bond acceptors (Lipinski definition) is 7. The summed E-state index contributed by atoms with van der Waals surface area (Å²) in [6.07, 6.45) is 2.61. The molecule has 2 heterocycles. The van der Waals surface area contributed by atoms with Crippen LogP contribution in [0.2, 0.25) is 0 Å². The quantitative estimate of drug-likeness (QED) is 0.221. The van der Waals surface area contributed by atoms with E-state index in [-0.39, 0.29) is 0 Å². The Morgan fingerprint density at radius 2 is 1.86 bits per heavy atom. The molecule has 200 valence electrons. The highest BCUT2D eigenvalue weighted by Gasteiger charge is 2.49. The van der Waals surface area contributed by atoms with Gasteiger partial charge in [0.1, 0.15) is 35.9 Å². The third kappa shape index (κ3) is 5.65. The predicted octanol–water partition coefficient (Wildman–Crippen LogP) is 4.27. The number of fused-ring (bicyclic) bond motifs is 1. The average Bonchev–Trinajstić information content (AvgIpc) is 3.37. The molecule has 1 saturated carbocycles. The van der Waals surface area contributed by atoms with Crippen LogP contribution < -0.4 is 9.47 Å². The van der Waals surface area contributed by atoms with Crippen molar-refractivity contribution >= 4 is 42.8 Å². The molecule has 0 bridgehead atoms. The van der Waals surface area contributed by atoms with Crippen LogP contribution in [0, 0.1) is 17.8 Å². The molecule has 1 aromatic heterocycles. The number of unbranched alkanes of at least 4 members (excludes halogenated alkanes) is 1. The molecular weight excluding hydrogens is 598 g/mol. The topological polar surface area (TPSA) is 124 Å². The first-order valence-electron chi connectivity index (χ1n) is 12.5. The first-order chi connectivity index (χ1) is 17.3. The van der Waals surface area contributed by atoms with Crippen LogP contribution >= 0.6 is 31.9 Å². The van der Waals surface area contributed by atoms with E-state index in [9.17, 15) is 20.4 Å². The average molecular weight is 633 g/mol. The van der Waals surface area contributed by atoms with Crippen LogP contribution in [0.4, 0.5) is 0 Å². The molecule has 8 nitrogen and oxygen atoms in total. The lowest BCUT2D eigenvalue weighted by Crippen LogP contribution is -2.60. The second kappa shape index (κ2) is 12.1. The van der Waals surface area contributed by atoms with Crippen molar-refractivity contribution < 1.29 is 34.6 Å². The van der Waals surface area contributed by atoms with Crippen molar-refractivity contribution in [1.82, 2.24) is 4.98 Å². The van der Waals surface area contributed by atoms with Gasteiger partial charge in [-0.25, -0.2) is 0 Å². The van der Waals surface area contributed by atoms with E-state index in [0.717, 1.165) is 22.8 Å². The summed E-state index contributed by atoms with van der Waals surface area (Å²) in [6, 6.07) is 1.90. The van der Waals surface area contributed by atoms with Gasteiger partial charge >= 0.3 is 0 Å². The Labute approximate surface area is 227 Å². The highest BCUT2D eigenvalue weighted by atomic mass is 79.9. The van der Waals surface area contributed by atoms with E-state index < -0.39 is 37.3 Å². The number of ether oxygens (including phenoxy) is 3. The van der Waals surface area contributed by atoms with Crippen LogP contribution in [-0.2, 0) is 4.74 Å². The second-order valence-corrected chi connectivity index (χ2v) is 11.4. The SMILES string of the molecule is C=CCC[C@@H]1[C@H](CCCC)[C@@H]1COc1c(Br)cc2[nH]cc(O[C@@H]3O[C@H](CO)[C@@H](O)[C@H](O)[C@H]3O)c2c1Br. The van der Waals surface area contributed by atoms with Crippen LogP contribution in [0.5, 0.6) is 11.5 Å². The first kappa shape index (κ1) is 27.9. The zero-order valence-corrected chi connectivity index (χ0v) is 23.4. The number of halogens is 2. The maximum absolute atomic E-state index is 10.4. The fourth-order valence-corrected chi connectivity index (χ4v) is 6.79. The molecule has 0 spiro atoms. The maximum Gasteiger partial charge on any atom is 0.229 e. The molecule has 10 heteroatoms. The van der Waals surface area contributed by atoms with E-state index in [2.05, 4.69) is 50.3 Å². The molecule has 1 aliphatic heterocycles. The minimum absolute atomic E-state index is 0.370. The first-order valence-corrected chi connectivity index (χ1v) is 14.1. The fourth-order valence-electron chi connectivity index (χ4n) is 5.24. The molecule has 0 amide bonds. The number of aliphatic hydroxyl groups is 4. The zero-order valence-electron chi connectivity index (χ0n) is 20.3. The number of nitrogens with one attached hydrogen (secondary N) is 1. The number of aromatic amines is 1. The zero-order chi connectivity index (χ0) is 26.0. The molecule has 4 rings (SSSR count). The fraction of sp³-hybridized carbons (Fsp3) is 0.615. The molecule has 2 fully saturated rings. The summed E-state index contributed by atoms with van der Waals surface area (Å²) in [7, 11) is 0. The van der Waals surface area contributed by atoms with E-state index in [1.165, 1.54) is 19.3 Å². The summed E-state index contributed by atoms with van der Waals surface area (Å²) in [5.74, 6) is 2.89. The van der Waals surface area contributed by atoms with Crippen molar-refractivity contribution in [2.24, 2.45) is 17.8 Å².